The highest BCUT2D eigenvalue weighted by molar-refractivity contribution is 5.44. The van der Waals surface area contributed by atoms with Gasteiger partial charge in [-0.2, -0.15) is 0 Å². The van der Waals surface area contributed by atoms with Crippen LogP contribution in [-0.2, 0) is 0 Å². The van der Waals surface area contributed by atoms with Crippen molar-refractivity contribution in [2.24, 2.45) is 5.92 Å². The number of nitro benzene ring substituents is 1. The number of benzene rings is 1. The fourth-order valence-corrected chi connectivity index (χ4v) is 1.51. The summed E-state index contributed by atoms with van der Waals surface area (Å²) >= 11 is 0. The van der Waals surface area contributed by atoms with Gasteiger partial charge in [0.1, 0.15) is 5.75 Å². The first kappa shape index (κ1) is 14.4. The minimum atomic E-state index is -0.793. The molecule has 0 saturated carbocycles. The monoisotopic (exact) mass is 253 g/mol. The Morgan fingerprint density at radius 3 is 2.56 bits per heavy atom. The standard InChI is InChI=1S/C13H19NO4/c1-9(2)6-7-18-13-5-4-11(14(16)17)8-12(13)10(3)15/h4-5,8-10,15H,6-7H2,1-3H3. The SMILES string of the molecule is CC(C)CCOc1ccc([N+](=O)[O-])cc1C(C)O. The highest BCUT2D eigenvalue weighted by Crippen LogP contribution is 2.29. The van der Waals surface area contributed by atoms with Crippen molar-refractivity contribution >= 4 is 5.69 Å². The highest BCUT2D eigenvalue weighted by Gasteiger charge is 2.15. The van der Waals surface area contributed by atoms with Crippen molar-refractivity contribution in [1.82, 2.24) is 0 Å². The Morgan fingerprint density at radius 1 is 1.39 bits per heavy atom. The molecule has 1 aromatic rings. The molecule has 0 aliphatic carbocycles. The number of aliphatic hydroxyl groups excluding tert-OH is 1. The van der Waals surface area contributed by atoms with Crippen LogP contribution in [0.5, 0.6) is 5.75 Å². The second-order valence-corrected chi connectivity index (χ2v) is 4.69. The van der Waals surface area contributed by atoms with E-state index < -0.39 is 11.0 Å². The lowest BCUT2D eigenvalue weighted by Crippen LogP contribution is -2.05. The summed E-state index contributed by atoms with van der Waals surface area (Å²) in [5, 5.41) is 20.3. The maximum absolute atomic E-state index is 10.7. The van der Waals surface area contributed by atoms with Crippen molar-refractivity contribution in [2.45, 2.75) is 33.3 Å². The molecule has 0 aliphatic rings. The zero-order chi connectivity index (χ0) is 13.7. The van der Waals surface area contributed by atoms with Crippen LogP contribution in [-0.4, -0.2) is 16.6 Å². The van der Waals surface area contributed by atoms with Gasteiger partial charge in [-0.1, -0.05) is 13.8 Å². The molecule has 0 radical (unpaired) electrons. The summed E-state index contributed by atoms with van der Waals surface area (Å²) in [4.78, 5) is 10.2. The van der Waals surface area contributed by atoms with Crippen LogP contribution in [0.4, 0.5) is 5.69 Å². The molecule has 0 aromatic heterocycles. The fraction of sp³-hybridized carbons (Fsp3) is 0.538. The van der Waals surface area contributed by atoms with Gasteiger partial charge in [-0.3, -0.25) is 10.1 Å². The van der Waals surface area contributed by atoms with E-state index in [0.29, 0.717) is 23.8 Å². The van der Waals surface area contributed by atoms with E-state index in [0.717, 1.165) is 6.42 Å². The van der Waals surface area contributed by atoms with Gasteiger partial charge in [0.05, 0.1) is 17.6 Å². The van der Waals surface area contributed by atoms with Gasteiger partial charge in [-0.05, 0) is 25.3 Å². The summed E-state index contributed by atoms with van der Waals surface area (Å²) in [7, 11) is 0. The van der Waals surface area contributed by atoms with Crippen LogP contribution in [0.25, 0.3) is 0 Å². The summed E-state index contributed by atoms with van der Waals surface area (Å²) in [5.41, 5.74) is 0.412. The molecule has 0 fully saturated rings. The van der Waals surface area contributed by atoms with Gasteiger partial charge < -0.3 is 9.84 Å². The predicted octanol–water partition coefficient (Wildman–Crippen LogP) is 3.07. The van der Waals surface area contributed by atoms with E-state index in [1.54, 1.807) is 13.0 Å². The van der Waals surface area contributed by atoms with Crippen LogP contribution in [0.2, 0.25) is 0 Å². The van der Waals surface area contributed by atoms with Crippen LogP contribution < -0.4 is 4.74 Å². The van der Waals surface area contributed by atoms with E-state index in [1.165, 1.54) is 12.1 Å². The quantitative estimate of drug-likeness (QED) is 0.624. The van der Waals surface area contributed by atoms with Crippen LogP contribution in [0.1, 0.15) is 38.9 Å². The Bertz CT molecular complexity index is 415. The summed E-state index contributed by atoms with van der Waals surface area (Å²) in [5.74, 6) is 1.04. The molecule has 1 unspecified atom stereocenters. The average Bonchev–Trinajstić information content (AvgIpc) is 2.28. The second-order valence-electron chi connectivity index (χ2n) is 4.69. The van der Waals surface area contributed by atoms with Crippen LogP contribution in [0.3, 0.4) is 0 Å². The number of non-ortho nitro benzene ring substituents is 1. The van der Waals surface area contributed by atoms with E-state index in [1.807, 2.05) is 0 Å². The minimum absolute atomic E-state index is 0.0397. The van der Waals surface area contributed by atoms with Gasteiger partial charge in [0, 0.05) is 17.7 Å². The second kappa shape index (κ2) is 6.35. The minimum Gasteiger partial charge on any atom is -0.493 e. The molecule has 5 heteroatoms. The first-order chi connectivity index (χ1) is 8.41. The van der Waals surface area contributed by atoms with E-state index in [-0.39, 0.29) is 5.69 Å². The number of hydrogen-bond acceptors (Lipinski definition) is 4. The molecular weight excluding hydrogens is 234 g/mol. The van der Waals surface area contributed by atoms with E-state index in [4.69, 9.17) is 4.74 Å². The van der Waals surface area contributed by atoms with Gasteiger partial charge in [-0.25, -0.2) is 0 Å². The topological polar surface area (TPSA) is 72.6 Å². The Labute approximate surface area is 107 Å². The molecule has 0 saturated heterocycles. The van der Waals surface area contributed by atoms with Crippen LogP contribution >= 0.6 is 0 Å². The number of rotatable bonds is 6. The van der Waals surface area contributed by atoms with Gasteiger partial charge >= 0.3 is 0 Å². The molecule has 1 N–H and O–H groups in total. The Hall–Kier alpha value is -1.62. The molecule has 0 bridgehead atoms. The van der Waals surface area contributed by atoms with Crippen molar-refractivity contribution in [3.05, 3.63) is 33.9 Å². The summed E-state index contributed by atoms with van der Waals surface area (Å²) in [6, 6.07) is 4.28. The lowest BCUT2D eigenvalue weighted by atomic mass is 10.1. The molecule has 1 aromatic carbocycles. The van der Waals surface area contributed by atoms with E-state index >= 15 is 0 Å². The maximum Gasteiger partial charge on any atom is 0.270 e. The van der Waals surface area contributed by atoms with Gasteiger partial charge in [0.15, 0.2) is 0 Å². The molecule has 1 rings (SSSR count). The summed E-state index contributed by atoms with van der Waals surface area (Å²) in [6.45, 7) is 6.28. The largest absolute Gasteiger partial charge is 0.493 e. The van der Waals surface area contributed by atoms with Crippen molar-refractivity contribution in [2.75, 3.05) is 6.61 Å². The van der Waals surface area contributed by atoms with Crippen molar-refractivity contribution in [3.8, 4) is 5.75 Å². The van der Waals surface area contributed by atoms with Gasteiger partial charge in [0.25, 0.3) is 5.69 Å². The third-order valence-corrected chi connectivity index (χ3v) is 2.61. The molecular formula is C13H19NO4. The summed E-state index contributed by atoms with van der Waals surface area (Å²) < 4.78 is 5.56. The zero-order valence-corrected chi connectivity index (χ0v) is 10.9. The Balaban J connectivity index is 2.86. The number of aliphatic hydroxyl groups is 1. The molecule has 100 valence electrons. The highest BCUT2D eigenvalue weighted by atomic mass is 16.6. The Kier molecular flexibility index (Phi) is 5.09. The van der Waals surface area contributed by atoms with Gasteiger partial charge in [0.2, 0.25) is 0 Å². The molecule has 0 amide bonds. The molecule has 0 heterocycles. The van der Waals surface area contributed by atoms with Crippen molar-refractivity contribution in [1.29, 1.82) is 0 Å². The van der Waals surface area contributed by atoms with Gasteiger partial charge in [-0.15, -0.1) is 0 Å². The van der Waals surface area contributed by atoms with E-state index in [2.05, 4.69) is 13.8 Å². The van der Waals surface area contributed by atoms with Crippen LogP contribution in [0, 0.1) is 16.0 Å². The first-order valence-corrected chi connectivity index (χ1v) is 6.01. The lowest BCUT2D eigenvalue weighted by Gasteiger charge is -2.14. The molecule has 18 heavy (non-hydrogen) atoms. The molecule has 0 spiro atoms. The smallest absolute Gasteiger partial charge is 0.270 e. The Morgan fingerprint density at radius 2 is 2.06 bits per heavy atom. The third-order valence-electron chi connectivity index (χ3n) is 2.61. The number of hydrogen-bond donors (Lipinski definition) is 1. The maximum atomic E-state index is 10.7. The normalized spacial score (nSPS) is 12.5. The fourth-order valence-electron chi connectivity index (χ4n) is 1.51. The van der Waals surface area contributed by atoms with Crippen LogP contribution in [0.15, 0.2) is 18.2 Å². The molecule has 5 nitrogen and oxygen atoms in total. The zero-order valence-electron chi connectivity index (χ0n) is 10.9. The number of ether oxygens (including phenoxy) is 1. The third kappa shape index (κ3) is 4.00. The summed E-state index contributed by atoms with van der Waals surface area (Å²) in [6.07, 6.45) is 0.106. The molecule has 0 aliphatic heterocycles. The number of nitro groups is 1. The average molecular weight is 253 g/mol. The van der Waals surface area contributed by atoms with E-state index in [9.17, 15) is 15.2 Å². The predicted molar refractivity (Wildman–Crippen MR) is 68.7 cm³/mol. The lowest BCUT2D eigenvalue weighted by molar-refractivity contribution is -0.385. The van der Waals surface area contributed by atoms with Crippen molar-refractivity contribution < 1.29 is 14.8 Å². The van der Waals surface area contributed by atoms with Crippen molar-refractivity contribution in [3.63, 3.8) is 0 Å². The first-order valence-electron chi connectivity index (χ1n) is 6.01. The number of nitrogens with zero attached hydrogens (tertiary/aromatic N) is 1. The molecule has 1 atom stereocenters.